The van der Waals surface area contributed by atoms with Crippen LogP contribution in [-0.2, 0) is 10.0 Å². The lowest BCUT2D eigenvalue weighted by atomic mass is 9.87. The number of hydrogen-bond donors (Lipinski definition) is 1. The lowest BCUT2D eigenvalue weighted by molar-refractivity contribution is 0.135. The third-order valence-corrected chi connectivity index (χ3v) is 7.25. The molecule has 0 spiro atoms. The van der Waals surface area contributed by atoms with Crippen molar-refractivity contribution in [3.63, 3.8) is 0 Å². The number of fused-ring (bicyclic) bond motifs is 1. The molecule has 12 heteroatoms. The Bertz CT molecular complexity index is 1520. The predicted octanol–water partition coefficient (Wildman–Crippen LogP) is 4.09. The Morgan fingerprint density at radius 1 is 1.11 bits per heavy atom. The van der Waals surface area contributed by atoms with Gasteiger partial charge >= 0.3 is 0 Å². The number of primary sulfonamides is 1. The Morgan fingerprint density at radius 3 is 2.56 bits per heavy atom. The topological polar surface area (TPSA) is 147 Å². The SMILES string of the molecule is CC(C)c1noc(C2CCC(Oc3ncnc4c(-c5ccc(S(N)(=O)=O)c(F)c5)nccc34)CC2)n1. The molecule has 2 N–H and O–H groups in total. The minimum absolute atomic E-state index is 0.0463. The summed E-state index contributed by atoms with van der Waals surface area (Å²) in [7, 11) is -4.18. The van der Waals surface area contributed by atoms with Crippen LogP contribution in [0.2, 0.25) is 0 Å². The molecule has 10 nitrogen and oxygen atoms in total. The molecule has 1 aliphatic rings. The van der Waals surface area contributed by atoms with Crippen LogP contribution < -0.4 is 9.88 Å². The molecule has 0 saturated heterocycles. The molecule has 1 aromatic carbocycles. The van der Waals surface area contributed by atoms with E-state index < -0.39 is 20.7 Å². The van der Waals surface area contributed by atoms with Gasteiger partial charge in [-0.25, -0.2) is 27.9 Å². The highest BCUT2D eigenvalue weighted by Crippen LogP contribution is 2.36. The van der Waals surface area contributed by atoms with E-state index in [4.69, 9.17) is 14.4 Å². The minimum atomic E-state index is -4.18. The highest BCUT2D eigenvalue weighted by molar-refractivity contribution is 7.89. The Hall–Kier alpha value is -3.51. The Labute approximate surface area is 207 Å². The molecule has 0 atom stereocenters. The van der Waals surface area contributed by atoms with Gasteiger partial charge in [-0.2, -0.15) is 4.98 Å². The van der Waals surface area contributed by atoms with Gasteiger partial charge in [0.05, 0.1) is 11.1 Å². The summed E-state index contributed by atoms with van der Waals surface area (Å²) in [6.07, 6.45) is 6.19. The number of nitrogens with zero attached hydrogens (tertiary/aromatic N) is 5. The number of ether oxygens (including phenoxy) is 1. The van der Waals surface area contributed by atoms with Crippen molar-refractivity contribution in [3.05, 3.63) is 54.3 Å². The molecule has 0 bridgehead atoms. The van der Waals surface area contributed by atoms with E-state index in [-0.39, 0.29) is 17.9 Å². The molecule has 4 aromatic rings. The van der Waals surface area contributed by atoms with Crippen LogP contribution in [0.3, 0.4) is 0 Å². The summed E-state index contributed by atoms with van der Waals surface area (Å²) in [4.78, 5) is 17.0. The highest BCUT2D eigenvalue weighted by atomic mass is 32.2. The lowest BCUT2D eigenvalue weighted by Gasteiger charge is -2.27. The Balaban J connectivity index is 1.36. The molecule has 3 aromatic heterocycles. The van der Waals surface area contributed by atoms with E-state index in [1.807, 2.05) is 13.8 Å². The predicted molar refractivity (Wildman–Crippen MR) is 128 cm³/mol. The van der Waals surface area contributed by atoms with E-state index in [1.54, 1.807) is 12.3 Å². The molecule has 188 valence electrons. The maximum atomic E-state index is 14.5. The Morgan fingerprint density at radius 2 is 1.89 bits per heavy atom. The van der Waals surface area contributed by atoms with Crippen molar-refractivity contribution in [2.45, 2.75) is 62.4 Å². The molecular weight excluding hydrogens is 487 g/mol. The number of hydrogen-bond acceptors (Lipinski definition) is 9. The van der Waals surface area contributed by atoms with E-state index in [0.29, 0.717) is 33.9 Å². The maximum absolute atomic E-state index is 14.5. The van der Waals surface area contributed by atoms with Gasteiger partial charge in [0.2, 0.25) is 21.8 Å². The van der Waals surface area contributed by atoms with Crippen molar-refractivity contribution in [1.29, 1.82) is 0 Å². The Kier molecular flexibility index (Phi) is 6.39. The smallest absolute Gasteiger partial charge is 0.240 e. The second-order valence-electron chi connectivity index (χ2n) is 9.16. The van der Waals surface area contributed by atoms with E-state index in [9.17, 15) is 12.8 Å². The zero-order valence-corrected chi connectivity index (χ0v) is 20.6. The largest absolute Gasteiger partial charge is 0.474 e. The maximum Gasteiger partial charge on any atom is 0.240 e. The van der Waals surface area contributed by atoms with E-state index in [0.717, 1.165) is 43.6 Å². The first-order valence-corrected chi connectivity index (χ1v) is 13.2. The molecule has 0 aliphatic heterocycles. The fourth-order valence-corrected chi connectivity index (χ4v) is 4.97. The molecular formula is C24H25FN6O4S. The van der Waals surface area contributed by atoms with Gasteiger partial charge in [0, 0.05) is 23.6 Å². The van der Waals surface area contributed by atoms with Gasteiger partial charge in [0.1, 0.15) is 28.7 Å². The lowest BCUT2D eigenvalue weighted by Crippen LogP contribution is -2.24. The average molecular weight is 513 g/mol. The molecule has 1 saturated carbocycles. The zero-order chi connectivity index (χ0) is 25.4. The average Bonchev–Trinajstić information content (AvgIpc) is 3.34. The summed E-state index contributed by atoms with van der Waals surface area (Å²) in [5.41, 5.74) is 1.20. The van der Waals surface area contributed by atoms with Gasteiger partial charge < -0.3 is 9.26 Å². The number of rotatable bonds is 6. The summed E-state index contributed by atoms with van der Waals surface area (Å²) in [5, 5.41) is 9.76. The molecule has 0 unspecified atom stereocenters. The summed E-state index contributed by atoms with van der Waals surface area (Å²) in [6, 6.07) is 5.37. The third kappa shape index (κ3) is 4.78. The molecule has 0 amide bonds. The summed E-state index contributed by atoms with van der Waals surface area (Å²) in [6.45, 7) is 4.06. The number of aromatic nitrogens is 5. The van der Waals surface area contributed by atoms with Crippen LogP contribution in [-0.4, -0.2) is 39.6 Å². The van der Waals surface area contributed by atoms with E-state index in [1.165, 1.54) is 12.4 Å². The fraction of sp³-hybridized carbons (Fsp3) is 0.375. The van der Waals surface area contributed by atoms with Gasteiger partial charge in [-0.05, 0) is 43.9 Å². The van der Waals surface area contributed by atoms with Gasteiger partial charge in [-0.3, -0.25) is 4.98 Å². The van der Waals surface area contributed by atoms with Crippen molar-refractivity contribution >= 4 is 20.9 Å². The number of sulfonamides is 1. The van der Waals surface area contributed by atoms with Crippen LogP contribution in [0, 0.1) is 5.82 Å². The first kappa shape index (κ1) is 24.2. The number of benzene rings is 1. The van der Waals surface area contributed by atoms with Crippen molar-refractivity contribution in [2.24, 2.45) is 5.14 Å². The highest BCUT2D eigenvalue weighted by Gasteiger charge is 2.28. The number of pyridine rings is 1. The molecule has 1 aliphatic carbocycles. The summed E-state index contributed by atoms with van der Waals surface area (Å²) in [5.74, 6) is 1.28. The van der Waals surface area contributed by atoms with Crippen LogP contribution in [0.25, 0.3) is 22.2 Å². The fourth-order valence-electron chi connectivity index (χ4n) is 4.38. The molecule has 0 radical (unpaired) electrons. The van der Waals surface area contributed by atoms with Crippen molar-refractivity contribution in [1.82, 2.24) is 25.1 Å². The molecule has 36 heavy (non-hydrogen) atoms. The zero-order valence-electron chi connectivity index (χ0n) is 19.8. The first-order chi connectivity index (χ1) is 17.2. The van der Waals surface area contributed by atoms with Crippen molar-refractivity contribution in [3.8, 4) is 17.1 Å². The van der Waals surface area contributed by atoms with Gasteiger partial charge in [-0.1, -0.05) is 25.1 Å². The standard InChI is InChI=1S/C24H25FN6O4S/c1-13(2)22-30-23(35-31-22)14-3-6-16(7-4-14)34-24-17-9-10-27-20(21(17)28-12-29-24)15-5-8-19(18(25)11-15)36(26,32)33/h5,8-14,16H,3-4,6-7H2,1-2H3,(H2,26,32,33). The number of halogens is 1. The molecule has 1 fully saturated rings. The minimum Gasteiger partial charge on any atom is -0.474 e. The second kappa shape index (κ2) is 9.51. The van der Waals surface area contributed by atoms with Gasteiger partial charge in [0.25, 0.3) is 0 Å². The normalized spacial score (nSPS) is 18.6. The monoisotopic (exact) mass is 512 g/mol. The third-order valence-electron chi connectivity index (χ3n) is 6.30. The van der Waals surface area contributed by atoms with Gasteiger partial charge in [0.15, 0.2) is 5.82 Å². The van der Waals surface area contributed by atoms with E-state index >= 15 is 0 Å². The first-order valence-electron chi connectivity index (χ1n) is 11.6. The van der Waals surface area contributed by atoms with Crippen LogP contribution in [0.1, 0.15) is 63.1 Å². The molecule has 3 heterocycles. The molecule has 5 rings (SSSR count). The van der Waals surface area contributed by atoms with Crippen LogP contribution >= 0.6 is 0 Å². The van der Waals surface area contributed by atoms with Gasteiger partial charge in [-0.15, -0.1) is 0 Å². The van der Waals surface area contributed by atoms with E-state index in [2.05, 4.69) is 25.1 Å². The van der Waals surface area contributed by atoms with Crippen molar-refractivity contribution in [2.75, 3.05) is 0 Å². The number of nitrogens with two attached hydrogens (primary N) is 1. The van der Waals surface area contributed by atoms with Crippen LogP contribution in [0.5, 0.6) is 5.88 Å². The summed E-state index contributed by atoms with van der Waals surface area (Å²) >= 11 is 0. The summed E-state index contributed by atoms with van der Waals surface area (Å²) < 4.78 is 49.3. The van der Waals surface area contributed by atoms with Crippen molar-refractivity contribution < 1.29 is 22.1 Å². The second-order valence-corrected chi connectivity index (χ2v) is 10.7. The quantitative estimate of drug-likeness (QED) is 0.403. The van der Waals surface area contributed by atoms with Crippen LogP contribution in [0.4, 0.5) is 4.39 Å². The van der Waals surface area contributed by atoms with Crippen LogP contribution in [0.15, 0.2) is 46.2 Å².